The Kier molecular flexibility index (Phi) is 4.20. The number of hydrogen-bond acceptors (Lipinski definition) is 4. The van der Waals surface area contributed by atoms with Gasteiger partial charge in [-0.25, -0.2) is 9.97 Å². The fourth-order valence-corrected chi connectivity index (χ4v) is 3.75. The lowest BCUT2D eigenvalue weighted by Gasteiger charge is -2.37. The summed E-state index contributed by atoms with van der Waals surface area (Å²) in [7, 11) is 0. The van der Waals surface area contributed by atoms with Crippen LogP contribution in [0.1, 0.15) is 51.0 Å². The summed E-state index contributed by atoms with van der Waals surface area (Å²) in [5, 5.41) is 0. The summed E-state index contributed by atoms with van der Waals surface area (Å²) in [5.74, 6) is 1.80. The van der Waals surface area contributed by atoms with E-state index >= 15 is 0 Å². The van der Waals surface area contributed by atoms with Crippen molar-refractivity contribution in [2.45, 2.75) is 64.0 Å². The van der Waals surface area contributed by atoms with Crippen LogP contribution in [0.3, 0.4) is 0 Å². The molecular weight excluding hydrogens is 248 g/mol. The zero-order chi connectivity index (χ0) is 13.9. The minimum absolute atomic E-state index is 0.221. The molecule has 3 rings (SSSR count). The third kappa shape index (κ3) is 2.80. The van der Waals surface area contributed by atoms with Gasteiger partial charge in [-0.1, -0.05) is 13.3 Å². The number of hydrogen-bond donors (Lipinski definition) is 1. The SMILES string of the molecule is CCC(N)Cc1cnc(N2CCCC3CCCC32)nc1. The topological polar surface area (TPSA) is 55.0 Å². The van der Waals surface area contributed by atoms with Gasteiger partial charge >= 0.3 is 0 Å². The first-order chi connectivity index (χ1) is 9.78. The molecule has 4 heteroatoms. The van der Waals surface area contributed by atoms with Crippen LogP contribution in [0.2, 0.25) is 0 Å². The van der Waals surface area contributed by atoms with E-state index in [0.29, 0.717) is 6.04 Å². The molecule has 1 aliphatic heterocycles. The lowest BCUT2D eigenvalue weighted by Crippen LogP contribution is -2.43. The van der Waals surface area contributed by atoms with Gasteiger partial charge in [0, 0.05) is 31.0 Å². The van der Waals surface area contributed by atoms with Crippen LogP contribution in [0.5, 0.6) is 0 Å². The Labute approximate surface area is 121 Å². The molecule has 20 heavy (non-hydrogen) atoms. The molecule has 1 aromatic rings. The van der Waals surface area contributed by atoms with Crippen LogP contribution in [0.15, 0.2) is 12.4 Å². The average molecular weight is 274 g/mol. The van der Waals surface area contributed by atoms with Crippen LogP contribution in [0, 0.1) is 5.92 Å². The molecule has 3 unspecified atom stereocenters. The number of fused-ring (bicyclic) bond motifs is 1. The normalized spacial score (nSPS) is 27.4. The van der Waals surface area contributed by atoms with Crippen molar-refractivity contribution in [3.63, 3.8) is 0 Å². The molecule has 2 fully saturated rings. The molecule has 1 saturated heterocycles. The predicted molar refractivity (Wildman–Crippen MR) is 81.7 cm³/mol. The Morgan fingerprint density at radius 3 is 2.75 bits per heavy atom. The second-order valence-electron chi connectivity index (χ2n) is 6.36. The molecule has 1 aliphatic carbocycles. The minimum Gasteiger partial charge on any atom is -0.338 e. The van der Waals surface area contributed by atoms with Gasteiger partial charge in [-0.3, -0.25) is 0 Å². The summed E-state index contributed by atoms with van der Waals surface area (Å²) in [5.41, 5.74) is 7.15. The first kappa shape index (κ1) is 13.8. The first-order valence-corrected chi connectivity index (χ1v) is 8.11. The van der Waals surface area contributed by atoms with Crippen molar-refractivity contribution in [3.8, 4) is 0 Å². The molecule has 2 heterocycles. The Bertz CT molecular complexity index is 431. The maximum Gasteiger partial charge on any atom is 0.225 e. The molecule has 0 aromatic carbocycles. The van der Waals surface area contributed by atoms with E-state index in [1.54, 1.807) is 0 Å². The third-order valence-corrected chi connectivity index (χ3v) is 4.96. The highest BCUT2D eigenvalue weighted by atomic mass is 15.3. The second-order valence-corrected chi connectivity index (χ2v) is 6.36. The molecule has 1 aromatic heterocycles. The number of piperidine rings is 1. The summed E-state index contributed by atoms with van der Waals surface area (Å²) in [4.78, 5) is 11.7. The molecule has 0 amide bonds. The number of anilines is 1. The molecule has 4 nitrogen and oxygen atoms in total. The van der Waals surface area contributed by atoms with E-state index in [9.17, 15) is 0 Å². The van der Waals surface area contributed by atoms with Gasteiger partial charge in [-0.2, -0.15) is 0 Å². The van der Waals surface area contributed by atoms with E-state index in [1.165, 1.54) is 32.1 Å². The monoisotopic (exact) mass is 274 g/mol. The summed E-state index contributed by atoms with van der Waals surface area (Å²) >= 11 is 0. The Morgan fingerprint density at radius 2 is 2.00 bits per heavy atom. The molecule has 110 valence electrons. The van der Waals surface area contributed by atoms with Gasteiger partial charge in [0.05, 0.1) is 0 Å². The van der Waals surface area contributed by atoms with Gasteiger partial charge < -0.3 is 10.6 Å². The smallest absolute Gasteiger partial charge is 0.225 e. The highest BCUT2D eigenvalue weighted by molar-refractivity contribution is 5.33. The van der Waals surface area contributed by atoms with E-state index in [4.69, 9.17) is 5.73 Å². The van der Waals surface area contributed by atoms with Crippen LogP contribution in [0.4, 0.5) is 5.95 Å². The van der Waals surface area contributed by atoms with E-state index < -0.39 is 0 Å². The number of nitrogens with zero attached hydrogens (tertiary/aromatic N) is 3. The van der Waals surface area contributed by atoms with E-state index in [1.807, 2.05) is 12.4 Å². The largest absolute Gasteiger partial charge is 0.338 e. The molecule has 2 N–H and O–H groups in total. The summed E-state index contributed by atoms with van der Waals surface area (Å²) in [6, 6.07) is 0.908. The van der Waals surface area contributed by atoms with Crippen molar-refractivity contribution >= 4 is 5.95 Å². The maximum absolute atomic E-state index is 5.99. The highest BCUT2D eigenvalue weighted by Gasteiger charge is 2.35. The lowest BCUT2D eigenvalue weighted by atomic mass is 9.92. The predicted octanol–water partition coefficient (Wildman–Crippen LogP) is 2.53. The zero-order valence-corrected chi connectivity index (χ0v) is 12.5. The highest BCUT2D eigenvalue weighted by Crippen LogP contribution is 2.37. The average Bonchev–Trinajstić information content (AvgIpc) is 2.96. The maximum atomic E-state index is 5.99. The fourth-order valence-electron chi connectivity index (χ4n) is 3.75. The lowest BCUT2D eigenvalue weighted by molar-refractivity contribution is 0.358. The van der Waals surface area contributed by atoms with Gasteiger partial charge in [0.1, 0.15) is 0 Å². The molecular formula is C16H26N4. The molecule has 3 atom stereocenters. The summed E-state index contributed by atoms with van der Waals surface area (Å²) in [6.45, 7) is 3.24. The van der Waals surface area contributed by atoms with Crippen molar-refractivity contribution in [1.82, 2.24) is 9.97 Å². The van der Waals surface area contributed by atoms with Crippen LogP contribution < -0.4 is 10.6 Å². The number of aromatic nitrogens is 2. The Balaban J connectivity index is 1.70. The van der Waals surface area contributed by atoms with E-state index in [2.05, 4.69) is 21.8 Å². The summed E-state index contributed by atoms with van der Waals surface area (Å²) < 4.78 is 0. The number of nitrogens with two attached hydrogens (primary N) is 1. The van der Waals surface area contributed by atoms with Crippen molar-refractivity contribution in [2.24, 2.45) is 11.7 Å². The number of rotatable bonds is 4. The molecule has 2 aliphatic rings. The summed E-state index contributed by atoms with van der Waals surface area (Å²) in [6.07, 6.45) is 12.6. The van der Waals surface area contributed by atoms with Crippen molar-refractivity contribution in [3.05, 3.63) is 18.0 Å². The van der Waals surface area contributed by atoms with Crippen molar-refractivity contribution in [1.29, 1.82) is 0 Å². The van der Waals surface area contributed by atoms with Crippen molar-refractivity contribution < 1.29 is 0 Å². The van der Waals surface area contributed by atoms with Gasteiger partial charge in [0.15, 0.2) is 0 Å². The van der Waals surface area contributed by atoms with Crippen LogP contribution in [-0.2, 0) is 6.42 Å². The van der Waals surface area contributed by atoms with Gasteiger partial charge in [0.25, 0.3) is 0 Å². The molecule has 0 radical (unpaired) electrons. The Morgan fingerprint density at radius 1 is 1.25 bits per heavy atom. The van der Waals surface area contributed by atoms with E-state index in [-0.39, 0.29) is 6.04 Å². The van der Waals surface area contributed by atoms with Crippen molar-refractivity contribution in [2.75, 3.05) is 11.4 Å². The van der Waals surface area contributed by atoms with Gasteiger partial charge in [-0.15, -0.1) is 0 Å². The van der Waals surface area contributed by atoms with Crippen LogP contribution in [0.25, 0.3) is 0 Å². The van der Waals surface area contributed by atoms with Gasteiger partial charge in [-0.05, 0) is 50.0 Å². The first-order valence-electron chi connectivity index (χ1n) is 8.11. The Hall–Kier alpha value is -1.16. The molecule has 0 bridgehead atoms. The molecule has 0 spiro atoms. The standard InChI is InChI=1S/C16H26N4/c1-2-14(17)9-12-10-18-16(19-11-12)20-8-4-6-13-5-3-7-15(13)20/h10-11,13-15H,2-9,17H2,1H3. The quantitative estimate of drug-likeness (QED) is 0.916. The third-order valence-electron chi connectivity index (χ3n) is 4.96. The second kappa shape index (κ2) is 6.08. The van der Waals surface area contributed by atoms with Crippen LogP contribution in [-0.4, -0.2) is 28.6 Å². The zero-order valence-electron chi connectivity index (χ0n) is 12.5. The molecule has 1 saturated carbocycles. The minimum atomic E-state index is 0.221. The fraction of sp³-hybridized carbons (Fsp3) is 0.750. The van der Waals surface area contributed by atoms with Gasteiger partial charge in [0.2, 0.25) is 5.95 Å². The van der Waals surface area contributed by atoms with E-state index in [0.717, 1.165) is 36.8 Å². The van der Waals surface area contributed by atoms with Crippen LogP contribution >= 0.6 is 0 Å².